The van der Waals surface area contributed by atoms with Crippen LogP contribution in [-0.4, -0.2) is 23.5 Å². The van der Waals surface area contributed by atoms with Gasteiger partial charge in [-0.2, -0.15) is 0 Å². The molecule has 2 rings (SSSR count). The van der Waals surface area contributed by atoms with Crippen molar-refractivity contribution in [2.45, 2.75) is 45.8 Å². The molecule has 0 aliphatic heterocycles. The molecule has 2 aromatic rings. The van der Waals surface area contributed by atoms with Gasteiger partial charge in [0.25, 0.3) is 0 Å². The van der Waals surface area contributed by atoms with Crippen molar-refractivity contribution in [2.24, 2.45) is 0 Å². The number of hydrogen-bond acceptors (Lipinski definition) is 3. The highest BCUT2D eigenvalue weighted by molar-refractivity contribution is 6.08. The van der Waals surface area contributed by atoms with Gasteiger partial charge in [0.2, 0.25) is 0 Å². The number of carbonyl (C=O) groups is 2. The van der Waals surface area contributed by atoms with Crippen LogP contribution in [0.15, 0.2) is 42.5 Å². The standard InChI is InChI=1S/C19H23NO3/c1-13(20-18(22)23-19(2,3)4)12-17(21)16-11-7-9-14-8-5-6-10-15(14)16/h5-11,13H,12H2,1-4H3,(H,20,22). The number of ketones is 1. The Kier molecular flexibility index (Phi) is 5.04. The van der Waals surface area contributed by atoms with Gasteiger partial charge < -0.3 is 10.1 Å². The Morgan fingerprint density at radius 3 is 2.43 bits per heavy atom. The Bertz CT molecular complexity index is 711. The monoisotopic (exact) mass is 313 g/mol. The Morgan fingerprint density at radius 2 is 1.74 bits per heavy atom. The van der Waals surface area contributed by atoms with Gasteiger partial charge in [-0.25, -0.2) is 4.79 Å². The minimum atomic E-state index is -0.552. The van der Waals surface area contributed by atoms with E-state index in [4.69, 9.17) is 4.74 Å². The number of nitrogens with one attached hydrogen (secondary N) is 1. The number of rotatable bonds is 4. The van der Waals surface area contributed by atoms with E-state index < -0.39 is 11.7 Å². The number of alkyl carbamates (subject to hydrolysis) is 1. The molecule has 1 N–H and O–H groups in total. The third kappa shape index (κ3) is 4.81. The van der Waals surface area contributed by atoms with E-state index in [2.05, 4.69) is 5.32 Å². The molecule has 0 saturated carbocycles. The van der Waals surface area contributed by atoms with E-state index in [0.717, 1.165) is 10.8 Å². The third-order valence-electron chi connectivity index (χ3n) is 3.34. The highest BCUT2D eigenvalue weighted by Gasteiger charge is 2.19. The first-order valence-electron chi connectivity index (χ1n) is 7.77. The van der Waals surface area contributed by atoms with E-state index in [1.807, 2.05) is 42.5 Å². The second kappa shape index (κ2) is 6.82. The first-order chi connectivity index (χ1) is 10.8. The van der Waals surface area contributed by atoms with Gasteiger partial charge in [-0.05, 0) is 38.5 Å². The van der Waals surface area contributed by atoms with Crippen molar-refractivity contribution >= 4 is 22.6 Å². The SMILES string of the molecule is CC(CC(=O)c1cccc2ccccc12)NC(=O)OC(C)(C)C. The Labute approximate surface area is 136 Å². The lowest BCUT2D eigenvalue weighted by atomic mass is 9.98. The molecule has 4 nitrogen and oxygen atoms in total. The average Bonchev–Trinajstić information content (AvgIpc) is 2.44. The fourth-order valence-corrected chi connectivity index (χ4v) is 2.42. The molecule has 0 aliphatic carbocycles. The summed E-state index contributed by atoms with van der Waals surface area (Å²) in [4.78, 5) is 24.3. The quantitative estimate of drug-likeness (QED) is 0.855. The van der Waals surface area contributed by atoms with Crippen LogP contribution in [0.5, 0.6) is 0 Å². The van der Waals surface area contributed by atoms with Crippen molar-refractivity contribution in [1.82, 2.24) is 5.32 Å². The van der Waals surface area contributed by atoms with Gasteiger partial charge >= 0.3 is 6.09 Å². The number of hydrogen-bond donors (Lipinski definition) is 1. The fourth-order valence-electron chi connectivity index (χ4n) is 2.42. The summed E-state index contributed by atoms with van der Waals surface area (Å²) >= 11 is 0. The minimum absolute atomic E-state index is 0.00496. The summed E-state index contributed by atoms with van der Waals surface area (Å²) < 4.78 is 5.20. The molecular weight excluding hydrogens is 290 g/mol. The van der Waals surface area contributed by atoms with Crippen LogP contribution >= 0.6 is 0 Å². The molecule has 2 aromatic carbocycles. The highest BCUT2D eigenvalue weighted by Crippen LogP contribution is 2.20. The molecule has 0 aliphatic rings. The maximum atomic E-state index is 12.5. The summed E-state index contributed by atoms with van der Waals surface area (Å²) in [7, 11) is 0. The van der Waals surface area contributed by atoms with Crippen LogP contribution < -0.4 is 5.32 Å². The van der Waals surface area contributed by atoms with E-state index in [-0.39, 0.29) is 18.2 Å². The molecule has 0 saturated heterocycles. The van der Waals surface area contributed by atoms with Crippen LogP contribution in [0.4, 0.5) is 4.79 Å². The summed E-state index contributed by atoms with van der Waals surface area (Å²) in [6.45, 7) is 7.21. The normalized spacial score (nSPS) is 12.7. The number of amides is 1. The first kappa shape index (κ1) is 17.0. The lowest BCUT2D eigenvalue weighted by molar-refractivity contribution is 0.0506. The van der Waals surface area contributed by atoms with Crippen LogP contribution in [0.2, 0.25) is 0 Å². The van der Waals surface area contributed by atoms with Crippen LogP contribution in [0.25, 0.3) is 10.8 Å². The zero-order valence-corrected chi connectivity index (χ0v) is 14.1. The van der Waals surface area contributed by atoms with Gasteiger partial charge in [-0.1, -0.05) is 42.5 Å². The molecule has 1 atom stereocenters. The molecule has 4 heteroatoms. The molecule has 0 fully saturated rings. The Balaban J connectivity index is 2.05. The number of benzene rings is 2. The van der Waals surface area contributed by atoms with Crippen LogP contribution in [0.3, 0.4) is 0 Å². The van der Waals surface area contributed by atoms with Crippen molar-refractivity contribution in [3.05, 3.63) is 48.0 Å². The maximum absolute atomic E-state index is 12.5. The molecule has 23 heavy (non-hydrogen) atoms. The summed E-state index contributed by atoms with van der Waals surface area (Å²) in [5.74, 6) is 0.00496. The topological polar surface area (TPSA) is 55.4 Å². The number of carbonyl (C=O) groups excluding carboxylic acids is 2. The molecule has 0 radical (unpaired) electrons. The average molecular weight is 313 g/mol. The summed E-state index contributed by atoms with van der Waals surface area (Å²) in [6.07, 6.45) is -0.275. The molecule has 0 bridgehead atoms. The van der Waals surface area contributed by atoms with Crippen LogP contribution in [0.1, 0.15) is 44.5 Å². The lowest BCUT2D eigenvalue weighted by Crippen LogP contribution is -2.38. The molecule has 0 heterocycles. The number of ether oxygens (including phenoxy) is 1. The van der Waals surface area contributed by atoms with Crippen molar-refractivity contribution in [3.8, 4) is 0 Å². The minimum Gasteiger partial charge on any atom is -0.444 e. The van der Waals surface area contributed by atoms with E-state index in [0.29, 0.717) is 5.56 Å². The van der Waals surface area contributed by atoms with Gasteiger partial charge in [0.05, 0.1) is 0 Å². The van der Waals surface area contributed by atoms with Crippen molar-refractivity contribution in [2.75, 3.05) is 0 Å². The Hall–Kier alpha value is -2.36. The second-order valence-electron chi connectivity index (χ2n) is 6.70. The predicted octanol–water partition coefficient (Wildman–Crippen LogP) is 4.33. The van der Waals surface area contributed by atoms with Crippen LogP contribution in [0, 0.1) is 0 Å². The van der Waals surface area contributed by atoms with Gasteiger partial charge in [-0.3, -0.25) is 4.79 Å². The molecule has 0 spiro atoms. The molecule has 122 valence electrons. The zero-order chi connectivity index (χ0) is 17.0. The maximum Gasteiger partial charge on any atom is 0.407 e. The van der Waals surface area contributed by atoms with E-state index >= 15 is 0 Å². The smallest absolute Gasteiger partial charge is 0.407 e. The fraction of sp³-hybridized carbons (Fsp3) is 0.368. The van der Waals surface area contributed by atoms with Gasteiger partial charge in [0, 0.05) is 18.0 Å². The zero-order valence-electron chi connectivity index (χ0n) is 14.1. The summed E-state index contributed by atoms with van der Waals surface area (Å²) in [5.41, 5.74) is 0.129. The molecule has 0 aromatic heterocycles. The summed E-state index contributed by atoms with van der Waals surface area (Å²) in [6, 6.07) is 13.2. The Morgan fingerprint density at radius 1 is 1.09 bits per heavy atom. The van der Waals surface area contributed by atoms with E-state index in [9.17, 15) is 9.59 Å². The van der Waals surface area contributed by atoms with Gasteiger partial charge in [0.15, 0.2) is 5.78 Å². The first-order valence-corrected chi connectivity index (χ1v) is 7.77. The third-order valence-corrected chi connectivity index (χ3v) is 3.34. The van der Waals surface area contributed by atoms with Crippen molar-refractivity contribution in [1.29, 1.82) is 0 Å². The van der Waals surface area contributed by atoms with Gasteiger partial charge in [0.1, 0.15) is 5.60 Å². The van der Waals surface area contributed by atoms with Crippen molar-refractivity contribution < 1.29 is 14.3 Å². The van der Waals surface area contributed by atoms with Crippen molar-refractivity contribution in [3.63, 3.8) is 0 Å². The molecule has 1 amide bonds. The number of fused-ring (bicyclic) bond motifs is 1. The predicted molar refractivity (Wildman–Crippen MR) is 91.7 cm³/mol. The van der Waals surface area contributed by atoms with E-state index in [1.165, 1.54) is 0 Å². The largest absolute Gasteiger partial charge is 0.444 e. The summed E-state index contributed by atoms with van der Waals surface area (Å²) in [5, 5.41) is 4.67. The number of Topliss-reactive ketones (excluding diaryl/α,β-unsaturated/α-hetero) is 1. The molecule has 1 unspecified atom stereocenters. The second-order valence-corrected chi connectivity index (χ2v) is 6.70. The van der Waals surface area contributed by atoms with Gasteiger partial charge in [-0.15, -0.1) is 0 Å². The molecular formula is C19H23NO3. The van der Waals surface area contributed by atoms with E-state index in [1.54, 1.807) is 27.7 Å². The highest BCUT2D eigenvalue weighted by atomic mass is 16.6. The van der Waals surface area contributed by atoms with Crippen LogP contribution in [-0.2, 0) is 4.74 Å². The lowest BCUT2D eigenvalue weighted by Gasteiger charge is -2.21.